The van der Waals surface area contributed by atoms with Crippen molar-refractivity contribution in [2.75, 3.05) is 20.1 Å². The van der Waals surface area contributed by atoms with Crippen LogP contribution in [0, 0.1) is 0 Å². The number of amides is 2. The van der Waals surface area contributed by atoms with E-state index in [1.165, 1.54) is 0 Å². The van der Waals surface area contributed by atoms with Crippen LogP contribution in [0.25, 0.3) is 0 Å². The van der Waals surface area contributed by atoms with Gasteiger partial charge in [0.1, 0.15) is 0 Å². The maximum Gasteiger partial charge on any atom is 0.275 e. The predicted octanol–water partition coefficient (Wildman–Crippen LogP) is 1.21. The first kappa shape index (κ1) is 19.7. The van der Waals surface area contributed by atoms with Gasteiger partial charge in [0.25, 0.3) is 11.8 Å². The lowest BCUT2D eigenvalue weighted by atomic mass is 10.1. The summed E-state index contributed by atoms with van der Waals surface area (Å²) in [6.45, 7) is 6.15. The normalized spacial score (nSPS) is 13.5. The van der Waals surface area contributed by atoms with Gasteiger partial charge in [-0.15, -0.1) is 0 Å². The molecule has 3 N–H and O–H groups in total. The van der Waals surface area contributed by atoms with Crippen LogP contribution < -0.4 is 15.5 Å². The third-order valence-electron chi connectivity index (χ3n) is 3.20. The summed E-state index contributed by atoms with van der Waals surface area (Å²) in [7, 11) is 1.81. The number of nitrogens with one attached hydrogen (secondary N) is 3. The Hall–Kier alpha value is -1.30. The molecule has 2 amide bonds. The fourth-order valence-corrected chi connectivity index (χ4v) is 2.45. The second-order valence-corrected chi connectivity index (χ2v) is 6.81. The minimum Gasteiger partial charge on any atom is -0.349 e. The molecular weight excluding hydrogens is 337 g/mol. The molecule has 1 unspecified atom stereocenters. The first-order valence-corrected chi connectivity index (χ1v) is 8.29. The van der Waals surface area contributed by atoms with Gasteiger partial charge in [0.2, 0.25) is 0 Å². The molecule has 0 bridgehead atoms. The molecule has 7 heteroatoms. The van der Waals surface area contributed by atoms with Gasteiger partial charge in [0.05, 0.1) is 23.1 Å². The summed E-state index contributed by atoms with van der Waals surface area (Å²) >= 11 is 11.9. The number of likely N-dealkylation sites (N-methyl/N-ethyl adjacent to an activating group) is 1. The topological polar surface area (TPSA) is 62.6 Å². The van der Waals surface area contributed by atoms with Crippen LogP contribution >= 0.6 is 23.2 Å². The molecule has 0 radical (unpaired) electrons. The fraction of sp³-hybridized carbons (Fsp3) is 0.500. The average molecular weight is 361 g/mol. The summed E-state index contributed by atoms with van der Waals surface area (Å²) in [5.74, 6) is -0.193. The highest BCUT2D eigenvalue weighted by molar-refractivity contribution is 6.42. The summed E-state index contributed by atoms with van der Waals surface area (Å²) in [6.07, 6.45) is 0. The average Bonchev–Trinajstić information content (AvgIpc) is 2.39. The van der Waals surface area contributed by atoms with Crippen molar-refractivity contribution in [2.24, 2.45) is 0 Å². The molecule has 1 aromatic carbocycles. The highest BCUT2D eigenvalue weighted by Crippen LogP contribution is 2.25. The summed E-state index contributed by atoms with van der Waals surface area (Å²) < 4.78 is 0. The lowest BCUT2D eigenvalue weighted by molar-refractivity contribution is -0.862. The first-order chi connectivity index (χ1) is 10.7. The minimum atomic E-state index is -0.186. The maximum atomic E-state index is 12.1. The number of quaternary nitrogens is 1. The highest BCUT2D eigenvalue weighted by atomic mass is 35.5. The molecule has 0 spiro atoms. The van der Waals surface area contributed by atoms with E-state index in [0.29, 0.717) is 10.0 Å². The number of hydrogen-bond donors (Lipinski definition) is 3. The number of benzene rings is 1. The fourth-order valence-electron chi connectivity index (χ4n) is 2.14. The molecule has 1 aromatic rings. The largest absolute Gasteiger partial charge is 0.349 e. The Bertz CT molecular complexity index is 564. The van der Waals surface area contributed by atoms with Crippen LogP contribution in [0.1, 0.15) is 32.4 Å². The van der Waals surface area contributed by atoms with Crippen LogP contribution in [0.15, 0.2) is 18.2 Å². The van der Waals surface area contributed by atoms with Crippen molar-refractivity contribution in [2.45, 2.75) is 32.9 Å². The van der Waals surface area contributed by atoms with Crippen molar-refractivity contribution in [3.8, 4) is 0 Å². The lowest BCUT2D eigenvalue weighted by Gasteiger charge is -2.18. The molecule has 2 atom stereocenters. The van der Waals surface area contributed by atoms with E-state index in [1.54, 1.807) is 12.1 Å². The van der Waals surface area contributed by atoms with Gasteiger partial charge in [-0.3, -0.25) is 9.59 Å². The molecule has 23 heavy (non-hydrogen) atoms. The minimum absolute atomic E-state index is 0.0668. The van der Waals surface area contributed by atoms with Crippen LogP contribution in [0.2, 0.25) is 10.0 Å². The van der Waals surface area contributed by atoms with Gasteiger partial charge < -0.3 is 15.5 Å². The molecule has 0 fully saturated rings. The Morgan fingerprint density at radius 3 is 2.13 bits per heavy atom. The number of carbonyl (C=O) groups is 2. The van der Waals surface area contributed by atoms with Gasteiger partial charge in [-0.1, -0.05) is 29.3 Å². The van der Waals surface area contributed by atoms with E-state index in [-0.39, 0.29) is 37.0 Å². The molecule has 0 aliphatic rings. The second kappa shape index (κ2) is 9.11. The molecule has 0 saturated heterocycles. The molecule has 0 aliphatic heterocycles. The molecular formula is C16H24Cl2N3O2+. The molecule has 5 nitrogen and oxygen atoms in total. The van der Waals surface area contributed by atoms with E-state index in [9.17, 15) is 9.59 Å². The predicted molar refractivity (Wildman–Crippen MR) is 92.9 cm³/mol. The third-order valence-corrected chi connectivity index (χ3v) is 3.93. The van der Waals surface area contributed by atoms with Crippen LogP contribution in [0.4, 0.5) is 0 Å². The van der Waals surface area contributed by atoms with Crippen molar-refractivity contribution in [1.82, 2.24) is 10.6 Å². The number of rotatable bonds is 7. The molecule has 0 saturated carbocycles. The second-order valence-electron chi connectivity index (χ2n) is 6.00. The smallest absolute Gasteiger partial charge is 0.275 e. The summed E-state index contributed by atoms with van der Waals surface area (Å²) in [4.78, 5) is 24.6. The number of halogens is 2. The van der Waals surface area contributed by atoms with E-state index in [1.807, 2.05) is 33.9 Å². The Labute approximate surface area is 147 Å². The number of carbonyl (C=O) groups excluding carboxylic acids is 2. The summed E-state index contributed by atoms with van der Waals surface area (Å²) in [5.41, 5.74) is 0.878. The summed E-state index contributed by atoms with van der Waals surface area (Å²) in [6, 6.07) is 5.18. The quantitative estimate of drug-likeness (QED) is 0.684. The lowest BCUT2D eigenvalue weighted by Crippen LogP contribution is -3.11. The van der Waals surface area contributed by atoms with Crippen molar-refractivity contribution >= 4 is 35.0 Å². The first-order valence-electron chi connectivity index (χ1n) is 7.54. The molecule has 1 rings (SSSR count). The van der Waals surface area contributed by atoms with Gasteiger partial charge in [-0.25, -0.2) is 0 Å². The van der Waals surface area contributed by atoms with E-state index in [2.05, 4.69) is 10.6 Å². The van der Waals surface area contributed by atoms with Gasteiger partial charge in [0.15, 0.2) is 13.1 Å². The highest BCUT2D eigenvalue weighted by Gasteiger charge is 2.17. The van der Waals surface area contributed by atoms with Gasteiger partial charge >= 0.3 is 0 Å². The van der Waals surface area contributed by atoms with Crippen LogP contribution in [-0.2, 0) is 9.59 Å². The zero-order valence-electron chi connectivity index (χ0n) is 13.9. The van der Waals surface area contributed by atoms with E-state index >= 15 is 0 Å². The maximum absolute atomic E-state index is 12.1. The van der Waals surface area contributed by atoms with E-state index in [4.69, 9.17) is 23.2 Å². The van der Waals surface area contributed by atoms with Crippen molar-refractivity contribution < 1.29 is 14.5 Å². The van der Waals surface area contributed by atoms with Crippen LogP contribution in [-0.4, -0.2) is 38.0 Å². The molecule has 128 valence electrons. The Morgan fingerprint density at radius 2 is 1.61 bits per heavy atom. The van der Waals surface area contributed by atoms with E-state index < -0.39 is 0 Å². The van der Waals surface area contributed by atoms with Gasteiger partial charge in [0, 0.05) is 6.04 Å². The van der Waals surface area contributed by atoms with Crippen molar-refractivity contribution in [3.63, 3.8) is 0 Å². The Morgan fingerprint density at radius 1 is 1.04 bits per heavy atom. The number of hydrogen-bond acceptors (Lipinski definition) is 2. The van der Waals surface area contributed by atoms with Gasteiger partial charge in [-0.2, -0.15) is 0 Å². The standard InChI is InChI=1S/C16H23Cl2N3O2/c1-10(2)19-15(22)8-21(4)9-16(23)20-11(3)12-5-6-13(17)14(18)7-12/h5-7,10-11H,8-9H2,1-4H3,(H,19,22)(H,20,23)/p+1/t11-/m1/s1. The summed E-state index contributed by atoms with van der Waals surface area (Å²) in [5, 5.41) is 6.64. The van der Waals surface area contributed by atoms with Crippen LogP contribution in [0.5, 0.6) is 0 Å². The molecule has 0 aliphatic carbocycles. The third kappa shape index (κ3) is 7.20. The van der Waals surface area contributed by atoms with E-state index in [0.717, 1.165) is 10.5 Å². The van der Waals surface area contributed by atoms with Gasteiger partial charge in [-0.05, 0) is 38.5 Å². The zero-order valence-corrected chi connectivity index (χ0v) is 15.4. The van der Waals surface area contributed by atoms with Crippen molar-refractivity contribution in [3.05, 3.63) is 33.8 Å². The zero-order chi connectivity index (χ0) is 17.6. The molecule has 0 aromatic heterocycles. The monoisotopic (exact) mass is 360 g/mol. The van der Waals surface area contributed by atoms with Crippen LogP contribution in [0.3, 0.4) is 0 Å². The Kier molecular flexibility index (Phi) is 7.82. The SMILES string of the molecule is CC(C)NC(=O)C[NH+](C)CC(=O)N[C@H](C)c1ccc(Cl)c(Cl)c1. The van der Waals surface area contributed by atoms with Crippen molar-refractivity contribution in [1.29, 1.82) is 0 Å². The Balaban J connectivity index is 2.48. The molecule has 0 heterocycles.